The number of nitrogens with zero attached hydrogens (tertiary/aromatic N) is 2. The number of carboxylic acid groups (broad SMARTS) is 1. The molecule has 224 valence electrons. The summed E-state index contributed by atoms with van der Waals surface area (Å²) >= 11 is 21.0. The number of anilines is 1. The average Bonchev–Trinajstić information content (AvgIpc) is 3.31. The van der Waals surface area contributed by atoms with Crippen LogP contribution in [0.1, 0.15) is 34.7 Å². The van der Waals surface area contributed by atoms with E-state index in [4.69, 9.17) is 27.9 Å². The molecular weight excluding hydrogens is 735 g/mol. The number of rotatable bonds is 5. The second-order valence-electron chi connectivity index (χ2n) is 10.9. The number of ether oxygens (including phenoxy) is 1. The fourth-order valence-corrected chi connectivity index (χ4v) is 8.97. The summed E-state index contributed by atoms with van der Waals surface area (Å²) in [6.45, 7) is 0. The third-order valence-electron chi connectivity index (χ3n) is 8.97. The Bertz CT molecular complexity index is 1680. The van der Waals surface area contributed by atoms with Crippen LogP contribution < -0.4 is 9.64 Å². The highest BCUT2D eigenvalue weighted by Gasteiger charge is 2.76. The first-order valence-corrected chi connectivity index (χ1v) is 15.8. The quantitative estimate of drug-likeness (QED) is 0.192. The molecule has 10 nitrogen and oxygen atoms in total. The number of aromatic carboxylic acids is 1. The summed E-state index contributed by atoms with van der Waals surface area (Å²) in [6.07, 6.45) is 1.61. The zero-order valence-corrected chi connectivity index (χ0v) is 26.9. The molecule has 3 fully saturated rings. The molecule has 0 bridgehead atoms. The Hall–Kier alpha value is -2.93. The van der Waals surface area contributed by atoms with Crippen molar-refractivity contribution in [2.45, 2.75) is 28.5 Å². The molecule has 6 atom stereocenters. The molecule has 2 N–H and O–H groups in total. The predicted molar refractivity (Wildman–Crippen MR) is 162 cm³/mol. The lowest BCUT2D eigenvalue weighted by Crippen LogP contribution is -2.60. The third-order valence-corrected chi connectivity index (χ3v) is 11.3. The highest BCUT2D eigenvalue weighted by atomic mass is 79.9. The SMILES string of the molecule is COc1cc(Br)cc(C2C3=CCC4C(=O)N(c5cccc(C(=O)O)c5)C(=O)C4C3CC3(Cl)C(=O)N(CBr)C(=O)C23Cl)c1O. The van der Waals surface area contributed by atoms with Crippen LogP contribution in [0.5, 0.6) is 11.5 Å². The zero-order valence-electron chi connectivity index (χ0n) is 22.2. The first-order valence-electron chi connectivity index (χ1n) is 13.1. The fraction of sp³-hybridized carbons (Fsp3) is 0.345. The number of halogens is 4. The lowest BCUT2D eigenvalue weighted by molar-refractivity contribution is -0.138. The van der Waals surface area contributed by atoms with Gasteiger partial charge < -0.3 is 14.9 Å². The molecule has 2 heterocycles. The highest BCUT2D eigenvalue weighted by Crippen LogP contribution is 2.66. The van der Waals surface area contributed by atoms with Crippen LogP contribution in [0.2, 0.25) is 0 Å². The molecule has 14 heteroatoms. The van der Waals surface area contributed by atoms with Crippen LogP contribution in [-0.4, -0.2) is 67.0 Å². The van der Waals surface area contributed by atoms with Crippen molar-refractivity contribution in [1.82, 2.24) is 4.90 Å². The van der Waals surface area contributed by atoms with Crippen molar-refractivity contribution < 1.29 is 38.9 Å². The van der Waals surface area contributed by atoms with Gasteiger partial charge in [0.1, 0.15) is 0 Å². The molecule has 0 aromatic heterocycles. The summed E-state index contributed by atoms with van der Waals surface area (Å²) in [4.78, 5) is 64.8. The number of hydrogen-bond donors (Lipinski definition) is 2. The van der Waals surface area contributed by atoms with Gasteiger partial charge >= 0.3 is 5.97 Å². The maximum absolute atomic E-state index is 14.1. The van der Waals surface area contributed by atoms with Crippen molar-refractivity contribution in [2.75, 3.05) is 17.5 Å². The summed E-state index contributed by atoms with van der Waals surface area (Å²) in [5.74, 6) is -7.93. The van der Waals surface area contributed by atoms with E-state index in [1.807, 2.05) is 0 Å². The van der Waals surface area contributed by atoms with Crippen molar-refractivity contribution in [3.05, 3.63) is 63.6 Å². The van der Waals surface area contributed by atoms with Crippen LogP contribution in [0, 0.1) is 17.8 Å². The number of fused-ring (bicyclic) bond motifs is 4. The molecule has 2 aliphatic carbocycles. The van der Waals surface area contributed by atoms with E-state index in [1.54, 1.807) is 12.1 Å². The van der Waals surface area contributed by atoms with Crippen LogP contribution in [0.3, 0.4) is 0 Å². The minimum absolute atomic E-state index is 0.0759. The number of alkyl halides is 3. The number of carbonyl (C=O) groups excluding carboxylic acids is 4. The number of hydrogen-bond acceptors (Lipinski definition) is 7. The molecule has 2 aromatic rings. The van der Waals surface area contributed by atoms with E-state index >= 15 is 0 Å². The predicted octanol–water partition coefficient (Wildman–Crippen LogP) is 4.78. The Morgan fingerprint density at radius 3 is 2.47 bits per heavy atom. The van der Waals surface area contributed by atoms with Crippen molar-refractivity contribution in [2.24, 2.45) is 17.8 Å². The summed E-state index contributed by atoms with van der Waals surface area (Å²) in [7, 11) is 1.36. The van der Waals surface area contributed by atoms with Gasteiger partial charge in [0.15, 0.2) is 21.2 Å². The molecule has 6 unspecified atom stereocenters. The lowest BCUT2D eigenvalue weighted by atomic mass is 9.56. The maximum atomic E-state index is 14.1. The van der Waals surface area contributed by atoms with Gasteiger partial charge in [-0.05, 0) is 49.1 Å². The second-order valence-corrected chi connectivity index (χ2v) is 13.6. The fourth-order valence-electron chi connectivity index (χ4n) is 7.10. The topological polar surface area (TPSA) is 142 Å². The lowest BCUT2D eigenvalue weighted by Gasteiger charge is -2.50. The third kappa shape index (κ3) is 3.99. The Kier molecular flexibility index (Phi) is 7.23. The molecule has 2 saturated heterocycles. The van der Waals surface area contributed by atoms with Crippen molar-refractivity contribution in [3.63, 3.8) is 0 Å². The number of methoxy groups -OCH3 is 1. The molecular formula is C29H22Br2Cl2N2O8. The number of carboxylic acids is 1. The monoisotopic (exact) mass is 754 g/mol. The molecule has 0 spiro atoms. The zero-order chi connectivity index (χ0) is 31.2. The molecule has 4 amide bonds. The van der Waals surface area contributed by atoms with Gasteiger partial charge in [0.25, 0.3) is 11.8 Å². The smallest absolute Gasteiger partial charge is 0.335 e. The van der Waals surface area contributed by atoms with Crippen LogP contribution in [-0.2, 0) is 19.2 Å². The minimum Gasteiger partial charge on any atom is -0.504 e. The van der Waals surface area contributed by atoms with E-state index in [2.05, 4.69) is 31.9 Å². The minimum atomic E-state index is -2.10. The number of imide groups is 2. The van der Waals surface area contributed by atoms with Gasteiger partial charge in [-0.15, -0.1) is 23.2 Å². The summed E-state index contributed by atoms with van der Waals surface area (Å²) in [5, 5.41) is 20.8. The summed E-state index contributed by atoms with van der Waals surface area (Å²) in [6, 6.07) is 8.59. The number of aromatic hydroxyl groups is 1. The van der Waals surface area contributed by atoms with Crippen LogP contribution in [0.15, 0.2) is 52.5 Å². The van der Waals surface area contributed by atoms with Crippen molar-refractivity contribution in [1.29, 1.82) is 0 Å². The summed E-state index contributed by atoms with van der Waals surface area (Å²) in [5.41, 5.74) is 0.469. The maximum Gasteiger partial charge on any atom is 0.335 e. The van der Waals surface area contributed by atoms with Gasteiger partial charge in [-0.25, -0.2) is 4.79 Å². The van der Waals surface area contributed by atoms with Gasteiger partial charge in [-0.1, -0.05) is 49.6 Å². The van der Waals surface area contributed by atoms with Gasteiger partial charge in [-0.3, -0.25) is 29.0 Å². The first kappa shape index (κ1) is 30.1. The van der Waals surface area contributed by atoms with Gasteiger partial charge in [0, 0.05) is 16.0 Å². The molecule has 6 rings (SSSR count). The number of phenolic OH excluding ortho intramolecular Hbond substituents is 1. The molecule has 4 aliphatic rings. The Labute approximate surface area is 271 Å². The largest absolute Gasteiger partial charge is 0.504 e. The number of carbonyl (C=O) groups is 5. The number of allylic oxidation sites excluding steroid dienone is 2. The van der Waals surface area contributed by atoms with E-state index in [9.17, 15) is 34.2 Å². The van der Waals surface area contributed by atoms with Crippen LogP contribution in [0.25, 0.3) is 0 Å². The Morgan fingerprint density at radius 2 is 1.81 bits per heavy atom. The Morgan fingerprint density at radius 1 is 1.09 bits per heavy atom. The van der Waals surface area contributed by atoms with Crippen LogP contribution >= 0.6 is 55.1 Å². The van der Waals surface area contributed by atoms with Crippen molar-refractivity contribution >= 4 is 90.3 Å². The molecule has 0 radical (unpaired) electrons. The van der Waals surface area contributed by atoms with Gasteiger partial charge in [-0.2, -0.15) is 0 Å². The van der Waals surface area contributed by atoms with Crippen LogP contribution in [0.4, 0.5) is 5.69 Å². The first-order chi connectivity index (χ1) is 20.3. The van der Waals surface area contributed by atoms with E-state index < -0.39 is 63.0 Å². The Balaban J connectivity index is 1.54. The highest BCUT2D eigenvalue weighted by molar-refractivity contribution is 9.10. The molecule has 2 aromatic carbocycles. The van der Waals surface area contributed by atoms with Gasteiger partial charge in [0.05, 0.1) is 35.7 Å². The number of likely N-dealkylation sites (tertiary alicyclic amines) is 1. The van der Waals surface area contributed by atoms with E-state index in [1.165, 1.54) is 37.4 Å². The standard InChI is InChI=1S/C29H22Br2Cl2N2O8/c1-43-19-9-13(31)8-17(22(19)36)21-15-5-6-16-20(18(15)10-28(32)26(41)34(11-30)27(42)29(21,28)33)24(38)35(23(16)37)14-4-2-3-12(7-14)25(39)40/h2-5,7-9,16,18,20-21,36H,6,10-11H2,1H3,(H,39,40). The van der Waals surface area contributed by atoms with E-state index in [0.717, 1.165) is 9.80 Å². The normalized spacial score (nSPS) is 31.5. The van der Waals surface area contributed by atoms with E-state index in [0.29, 0.717) is 10.0 Å². The summed E-state index contributed by atoms with van der Waals surface area (Å²) < 4.78 is 5.84. The number of phenols is 1. The van der Waals surface area contributed by atoms with Gasteiger partial charge in [0.2, 0.25) is 11.8 Å². The van der Waals surface area contributed by atoms with Crippen molar-refractivity contribution in [3.8, 4) is 11.5 Å². The number of benzene rings is 2. The van der Waals surface area contributed by atoms with E-state index in [-0.39, 0.29) is 46.6 Å². The average molecular weight is 757 g/mol. The second kappa shape index (κ2) is 10.3. The molecule has 43 heavy (non-hydrogen) atoms. The number of amides is 4. The molecule has 2 aliphatic heterocycles. The molecule has 1 saturated carbocycles.